The van der Waals surface area contributed by atoms with Gasteiger partial charge < -0.3 is 9.84 Å². The van der Waals surface area contributed by atoms with Crippen LogP contribution in [0.4, 0.5) is 0 Å². The number of fused-ring (bicyclic) bond motifs is 1. The Kier molecular flexibility index (Phi) is 3.10. The third-order valence-electron chi connectivity index (χ3n) is 5.59. The summed E-state index contributed by atoms with van der Waals surface area (Å²) in [6.45, 7) is 7.36. The highest BCUT2D eigenvalue weighted by Gasteiger charge is 2.45. The summed E-state index contributed by atoms with van der Waals surface area (Å²) in [5.41, 5.74) is -0.479. The molecule has 0 aromatic carbocycles. The summed E-state index contributed by atoms with van der Waals surface area (Å²) in [5.74, 6) is 1.73. The van der Waals surface area contributed by atoms with Crippen LogP contribution in [0.25, 0.3) is 0 Å². The summed E-state index contributed by atoms with van der Waals surface area (Å²) in [7, 11) is 0. The van der Waals surface area contributed by atoms with E-state index in [1.54, 1.807) is 0 Å². The molecule has 0 aromatic heterocycles. The lowest BCUT2D eigenvalue weighted by Crippen LogP contribution is -2.46. The van der Waals surface area contributed by atoms with Crippen LogP contribution in [-0.4, -0.2) is 72.5 Å². The standard InChI is InChI=1S/C15H26N2O2/c18-15(3-5-19-6-4-15)11-16-7-12-9-17(14-1-2-14)10-13(12)8-16/h12-14,18H,1-11H2. The molecule has 1 N–H and O–H groups in total. The van der Waals surface area contributed by atoms with Gasteiger partial charge in [-0.05, 0) is 24.7 Å². The Morgan fingerprint density at radius 1 is 1.00 bits per heavy atom. The minimum absolute atomic E-state index is 0.479. The fourth-order valence-electron chi connectivity index (χ4n) is 4.32. The molecule has 0 amide bonds. The number of likely N-dealkylation sites (tertiary alicyclic amines) is 2. The molecule has 0 aromatic rings. The van der Waals surface area contributed by atoms with Crippen LogP contribution in [0, 0.1) is 11.8 Å². The fraction of sp³-hybridized carbons (Fsp3) is 1.00. The molecule has 1 saturated carbocycles. The van der Waals surface area contributed by atoms with E-state index in [0.717, 1.165) is 50.5 Å². The normalized spacial score (nSPS) is 39.6. The lowest BCUT2D eigenvalue weighted by molar-refractivity contribution is -0.0781. The van der Waals surface area contributed by atoms with Crippen molar-refractivity contribution in [1.82, 2.24) is 9.80 Å². The molecule has 19 heavy (non-hydrogen) atoms. The number of aliphatic hydroxyl groups is 1. The van der Waals surface area contributed by atoms with Crippen molar-refractivity contribution in [2.75, 3.05) is 45.9 Å². The van der Waals surface area contributed by atoms with Crippen LogP contribution in [-0.2, 0) is 4.74 Å². The van der Waals surface area contributed by atoms with Crippen molar-refractivity contribution in [2.45, 2.75) is 37.3 Å². The van der Waals surface area contributed by atoms with Gasteiger partial charge in [-0.15, -0.1) is 0 Å². The zero-order chi connectivity index (χ0) is 12.9. The number of hydrogen-bond donors (Lipinski definition) is 1. The van der Waals surface area contributed by atoms with Gasteiger partial charge in [0.1, 0.15) is 0 Å². The zero-order valence-electron chi connectivity index (χ0n) is 11.8. The Hall–Kier alpha value is -0.160. The lowest BCUT2D eigenvalue weighted by atomic mass is 9.94. The van der Waals surface area contributed by atoms with Crippen molar-refractivity contribution >= 4 is 0 Å². The Morgan fingerprint density at radius 3 is 2.21 bits per heavy atom. The molecule has 0 spiro atoms. The monoisotopic (exact) mass is 266 g/mol. The van der Waals surface area contributed by atoms with Crippen molar-refractivity contribution in [3.05, 3.63) is 0 Å². The Labute approximate surface area is 115 Å². The molecule has 4 heteroatoms. The highest BCUT2D eigenvalue weighted by molar-refractivity contribution is 4.99. The van der Waals surface area contributed by atoms with Crippen LogP contribution in [0.5, 0.6) is 0 Å². The van der Waals surface area contributed by atoms with Gasteiger partial charge in [-0.25, -0.2) is 0 Å². The van der Waals surface area contributed by atoms with Crippen LogP contribution in [0.1, 0.15) is 25.7 Å². The van der Waals surface area contributed by atoms with E-state index in [2.05, 4.69) is 9.80 Å². The molecule has 4 aliphatic rings. The molecule has 3 heterocycles. The van der Waals surface area contributed by atoms with E-state index in [4.69, 9.17) is 4.74 Å². The van der Waals surface area contributed by atoms with Crippen LogP contribution in [0.15, 0.2) is 0 Å². The van der Waals surface area contributed by atoms with Gasteiger partial charge in [0.2, 0.25) is 0 Å². The highest BCUT2D eigenvalue weighted by Crippen LogP contribution is 2.38. The maximum absolute atomic E-state index is 10.6. The fourth-order valence-corrected chi connectivity index (χ4v) is 4.32. The molecule has 4 rings (SSSR count). The molecule has 4 nitrogen and oxygen atoms in total. The molecule has 108 valence electrons. The van der Waals surface area contributed by atoms with Crippen LogP contribution < -0.4 is 0 Å². The van der Waals surface area contributed by atoms with E-state index in [9.17, 15) is 5.11 Å². The second kappa shape index (κ2) is 4.69. The molecule has 3 saturated heterocycles. The largest absolute Gasteiger partial charge is 0.388 e. The van der Waals surface area contributed by atoms with Gasteiger partial charge in [0, 0.05) is 64.8 Å². The van der Waals surface area contributed by atoms with E-state index < -0.39 is 5.60 Å². The molecular formula is C15H26N2O2. The maximum Gasteiger partial charge on any atom is 0.0817 e. The van der Waals surface area contributed by atoms with E-state index in [1.807, 2.05) is 0 Å². The maximum atomic E-state index is 10.6. The molecule has 3 aliphatic heterocycles. The van der Waals surface area contributed by atoms with E-state index >= 15 is 0 Å². The first kappa shape index (κ1) is 12.6. The Balaban J connectivity index is 1.31. The second-order valence-corrected chi connectivity index (χ2v) is 7.24. The topological polar surface area (TPSA) is 35.9 Å². The zero-order valence-corrected chi connectivity index (χ0v) is 11.8. The first-order chi connectivity index (χ1) is 9.22. The van der Waals surface area contributed by atoms with Crippen molar-refractivity contribution in [3.63, 3.8) is 0 Å². The number of nitrogens with zero attached hydrogens (tertiary/aromatic N) is 2. The number of rotatable bonds is 3. The summed E-state index contributed by atoms with van der Waals surface area (Å²) in [6, 6.07) is 0.929. The van der Waals surface area contributed by atoms with Gasteiger partial charge >= 0.3 is 0 Å². The minimum atomic E-state index is -0.479. The molecule has 2 unspecified atom stereocenters. The van der Waals surface area contributed by atoms with E-state index in [0.29, 0.717) is 0 Å². The van der Waals surface area contributed by atoms with Crippen LogP contribution in [0.2, 0.25) is 0 Å². The highest BCUT2D eigenvalue weighted by atomic mass is 16.5. The lowest BCUT2D eigenvalue weighted by Gasteiger charge is -2.36. The molecular weight excluding hydrogens is 240 g/mol. The van der Waals surface area contributed by atoms with Gasteiger partial charge in [-0.1, -0.05) is 0 Å². The molecule has 0 radical (unpaired) electrons. The molecule has 0 bridgehead atoms. The first-order valence-electron chi connectivity index (χ1n) is 7.98. The number of β-amino-alcohol motifs (C(OH)–C–C–N with tert-alkyl or cyclic N) is 1. The van der Waals surface area contributed by atoms with Gasteiger partial charge in [-0.2, -0.15) is 0 Å². The van der Waals surface area contributed by atoms with E-state index in [1.165, 1.54) is 39.0 Å². The van der Waals surface area contributed by atoms with Crippen molar-refractivity contribution in [1.29, 1.82) is 0 Å². The van der Waals surface area contributed by atoms with Crippen molar-refractivity contribution in [2.24, 2.45) is 11.8 Å². The average molecular weight is 266 g/mol. The summed E-state index contributed by atoms with van der Waals surface area (Å²) >= 11 is 0. The predicted octanol–water partition coefficient (Wildman–Crippen LogP) is 0.554. The summed E-state index contributed by atoms with van der Waals surface area (Å²) in [5, 5.41) is 10.6. The second-order valence-electron chi connectivity index (χ2n) is 7.24. The van der Waals surface area contributed by atoms with Gasteiger partial charge in [0.05, 0.1) is 5.60 Å². The predicted molar refractivity (Wildman–Crippen MR) is 73.0 cm³/mol. The third-order valence-corrected chi connectivity index (χ3v) is 5.59. The smallest absolute Gasteiger partial charge is 0.0817 e. The van der Waals surface area contributed by atoms with Crippen LogP contribution in [0.3, 0.4) is 0 Å². The summed E-state index contributed by atoms with van der Waals surface area (Å²) in [6.07, 6.45) is 4.49. The van der Waals surface area contributed by atoms with Gasteiger partial charge in [-0.3, -0.25) is 9.80 Å². The Bertz CT molecular complexity index is 325. The first-order valence-corrected chi connectivity index (χ1v) is 7.98. The molecule has 1 aliphatic carbocycles. The van der Waals surface area contributed by atoms with Gasteiger partial charge in [0.15, 0.2) is 0 Å². The van der Waals surface area contributed by atoms with E-state index in [-0.39, 0.29) is 0 Å². The average Bonchev–Trinajstić information content (AvgIpc) is 3.05. The number of hydrogen-bond acceptors (Lipinski definition) is 4. The Morgan fingerprint density at radius 2 is 1.63 bits per heavy atom. The summed E-state index contributed by atoms with van der Waals surface area (Å²) < 4.78 is 5.37. The quantitative estimate of drug-likeness (QED) is 0.809. The SMILES string of the molecule is OC1(CN2CC3CN(C4CC4)CC3C2)CCOCC1. The van der Waals surface area contributed by atoms with Crippen LogP contribution >= 0.6 is 0 Å². The van der Waals surface area contributed by atoms with Crippen molar-refractivity contribution < 1.29 is 9.84 Å². The molecule has 2 atom stereocenters. The third kappa shape index (κ3) is 2.56. The van der Waals surface area contributed by atoms with Gasteiger partial charge in [0.25, 0.3) is 0 Å². The number of ether oxygens (including phenoxy) is 1. The molecule has 4 fully saturated rings. The summed E-state index contributed by atoms with van der Waals surface area (Å²) in [4.78, 5) is 5.24. The minimum Gasteiger partial charge on any atom is -0.388 e. The van der Waals surface area contributed by atoms with Crippen molar-refractivity contribution in [3.8, 4) is 0 Å².